The molecule has 1 amide bonds. The number of H-pyrrole nitrogens is 1. The van der Waals surface area contributed by atoms with Crippen molar-refractivity contribution in [3.8, 4) is 17.2 Å². The zero-order valence-corrected chi connectivity index (χ0v) is 20.6. The predicted octanol–water partition coefficient (Wildman–Crippen LogP) is 5.54. The van der Waals surface area contributed by atoms with E-state index in [1.807, 2.05) is 12.3 Å². The van der Waals surface area contributed by atoms with E-state index in [4.69, 9.17) is 4.74 Å². The predicted molar refractivity (Wildman–Crippen MR) is 144 cm³/mol. The summed E-state index contributed by atoms with van der Waals surface area (Å²) < 4.78 is 35.7. The van der Waals surface area contributed by atoms with Crippen molar-refractivity contribution in [3.05, 3.63) is 118 Å². The van der Waals surface area contributed by atoms with Crippen molar-refractivity contribution < 1.29 is 18.3 Å². The Hall–Kier alpha value is -5.25. The zero-order chi connectivity index (χ0) is 27.1. The van der Waals surface area contributed by atoms with Gasteiger partial charge in [-0.1, -0.05) is 6.08 Å². The third-order valence-corrected chi connectivity index (χ3v) is 6.41. The summed E-state index contributed by atoms with van der Waals surface area (Å²) in [5.41, 5.74) is 1.18. The largest absolute Gasteiger partial charge is 0.453 e. The molecule has 0 radical (unpaired) electrons. The van der Waals surface area contributed by atoms with E-state index < -0.39 is 23.1 Å². The van der Waals surface area contributed by atoms with Crippen LogP contribution in [0.1, 0.15) is 15.9 Å². The number of aromatic amines is 1. The Labute approximate surface area is 220 Å². The molecule has 2 aromatic carbocycles. The fourth-order valence-electron chi connectivity index (χ4n) is 4.60. The number of ether oxygens (including phenoxy) is 1. The molecule has 5 aromatic rings. The molecule has 0 atom stereocenters. The first-order chi connectivity index (χ1) is 18.9. The Morgan fingerprint density at radius 1 is 1.05 bits per heavy atom. The van der Waals surface area contributed by atoms with Crippen LogP contribution in [0.25, 0.3) is 16.7 Å². The first-order valence-corrected chi connectivity index (χ1v) is 12.0. The van der Waals surface area contributed by atoms with E-state index in [-0.39, 0.29) is 17.0 Å². The summed E-state index contributed by atoms with van der Waals surface area (Å²) in [6, 6.07) is 14.4. The SMILES string of the molecule is CN1C=CCc2cc(C(=O)Nc3ccc(Oc4ccnc5[nH]ccc45)c(F)c3)c(=O)n(-c3ccc(F)cc3)c21. The lowest BCUT2D eigenvalue weighted by molar-refractivity contribution is 0.102. The lowest BCUT2D eigenvalue weighted by Crippen LogP contribution is -2.33. The van der Waals surface area contributed by atoms with Gasteiger partial charge in [-0.05, 0) is 66.6 Å². The number of carbonyl (C=O) groups excluding carboxylic acids is 1. The topological polar surface area (TPSA) is 92.2 Å². The summed E-state index contributed by atoms with van der Waals surface area (Å²) in [7, 11) is 1.78. The van der Waals surface area contributed by atoms with Crippen molar-refractivity contribution in [2.24, 2.45) is 0 Å². The number of anilines is 2. The summed E-state index contributed by atoms with van der Waals surface area (Å²) in [4.78, 5) is 35.7. The van der Waals surface area contributed by atoms with Gasteiger partial charge in [-0.25, -0.2) is 13.8 Å². The standard InChI is InChI=1S/C29H21F2N5O3/c1-35-14-2-3-17-15-22(29(38)36(28(17)35)20-7-4-18(30)5-8-20)27(37)34-19-6-9-25(23(31)16-19)39-24-11-13-33-26-21(24)10-12-32-26/h2,4-16H,3H2,1H3,(H,32,33)(H,34,37). The zero-order valence-electron chi connectivity index (χ0n) is 20.6. The Bertz CT molecular complexity index is 1830. The van der Waals surface area contributed by atoms with Gasteiger partial charge in [-0.2, -0.15) is 0 Å². The number of allylic oxidation sites excluding steroid dienone is 1. The van der Waals surface area contributed by atoms with Crippen molar-refractivity contribution in [2.45, 2.75) is 6.42 Å². The number of carbonyl (C=O) groups is 1. The highest BCUT2D eigenvalue weighted by atomic mass is 19.1. The van der Waals surface area contributed by atoms with E-state index in [0.717, 1.165) is 11.6 Å². The van der Waals surface area contributed by atoms with Gasteiger partial charge in [-0.3, -0.25) is 14.2 Å². The minimum atomic E-state index is -0.702. The smallest absolute Gasteiger partial charge is 0.269 e. The molecule has 2 N–H and O–H groups in total. The van der Waals surface area contributed by atoms with Crippen LogP contribution < -0.4 is 20.5 Å². The highest BCUT2D eigenvalue weighted by Crippen LogP contribution is 2.31. The number of hydrogen-bond donors (Lipinski definition) is 2. The van der Waals surface area contributed by atoms with Gasteiger partial charge < -0.3 is 19.9 Å². The third-order valence-electron chi connectivity index (χ3n) is 6.41. The summed E-state index contributed by atoms with van der Waals surface area (Å²) in [5, 5.41) is 3.30. The minimum absolute atomic E-state index is 0.0380. The Kier molecular flexibility index (Phi) is 5.91. The van der Waals surface area contributed by atoms with Gasteiger partial charge in [0.2, 0.25) is 0 Å². The van der Waals surface area contributed by atoms with Crippen molar-refractivity contribution >= 4 is 28.4 Å². The van der Waals surface area contributed by atoms with Gasteiger partial charge in [0.1, 0.15) is 28.6 Å². The van der Waals surface area contributed by atoms with Crippen molar-refractivity contribution in [1.82, 2.24) is 14.5 Å². The molecular weight excluding hydrogens is 504 g/mol. The number of nitrogens with zero attached hydrogens (tertiary/aromatic N) is 3. The van der Waals surface area contributed by atoms with Crippen molar-refractivity contribution in [3.63, 3.8) is 0 Å². The molecule has 8 nitrogen and oxygen atoms in total. The van der Waals surface area contributed by atoms with Crippen LogP contribution in [0.4, 0.5) is 20.3 Å². The van der Waals surface area contributed by atoms with Crippen LogP contribution in [-0.2, 0) is 6.42 Å². The number of aromatic nitrogens is 3. The maximum absolute atomic E-state index is 15.0. The summed E-state index contributed by atoms with van der Waals surface area (Å²) in [5.74, 6) is -0.888. The quantitative estimate of drug-likeness (QED) is 0.314. The summed E-state index contributed by atoms with van der Waals surface area (Å²) in [6.45, 7) is 0. The van der Waals surface area contributed by atoms with Crippen LogP contribution >= 0.6 is 0 Å². The Morgan fingerprint density at radius 2 is 1.87 bits per heavy atom. The molecule has 0 fully saturated rings. The second-order valence-corrected chi connectivity index (χ2v) is 8.97. The van der Waals surface area contributed by atoms with E-state index in [1.165, 1.54) is 47.0 Å². The second kappa shape index (κ2) is 9.56. The van der Waals surface area contributed by atoms with Crippen LogP contribution in [0.3, 0.4) is 0 Å². The average molecular weight is 526 g/mol. The molecule has 0 unspecified atom stereocenters. The molecule has 4 heterocycles. The molecule has 0 saturated heterocycles. The number of amides is 1. The van der Waals surface area contributed by atoms with E-state index in [9.17, 15) is 18.4 Å². The van der Waals surface area contributed by atoms with Crippen LogP contribution in [0.2, 0.25) is 0 Å². The second-order valence-electron chi connectivity index (χ2n) is 8.97. The molecule has 6 rings (SSSR count). The van der Waals surface area contributed by atoms with Crippen LogP contribution in [0.15, 0.2) is 90.1 Å². The first-order valence-electron chi connectivity index (χ1n) is 12.0. The van der Waals surface area contributed by atoms with Crippen molar-refractivity contribution in [1.29, 1.82) is 0 Å². The van der Waals surface area contributed by atoms with E-state index in [2.05, 4.69) is 15.3 Å². The Morgan fingerprint density at radius 3 is 2.67 bits per heavy atom. The minimum Gasteiger partial charge on any atom is -0.453 e. The molecular formula is C29H21F2N5O3. The van der Waals surface area contributed by atoms with E-state index in [1.54, 1.807) is 36.5 Å². The molecule has 3 aromatic heterocycles. The number of rotatable bonds is 5. The fraction of sp³-hybridized carbons (Fsp3) is 0.0690. The summed E-state index contributed by atoms with van der Waals surface area (Å²) in [6.07, 6.45) is 7.47. The molecule has 0 aliphatic carbocycles. The average Bonchev–Trinajstić information content (AvgIpc) is 3.41. The molecule has 0 saturated carbocycles. The van der Waals surface area contributed by atoms with E-state index in [0.29, 0.717) is 34.7 Å². The maximum atomic E-state index is 15.0. The van der Waals surface area contributed by atoms with Gasteiger partial charge in [0.15, 0.2) is 11.6 Å². The number of halogens is 2. The van der Waals surface area contributed by atoms with Gasteiger partial charge >= 0.3 is 0 Å². The highest BCUT2D eigenvalue weighted by molar-refractivity contribution is 6.04. The van der Waals surface area contributed by atoms with Gasteiger partial charge in [0, 0.05) is 37.4 Å². The molecule has 10 heteroatoms. The molecule has 194 valence electrons. The fourth-order valence-corrected chi connectivity index (χ4v) is 4.60. The van der Waals surface area contributed by atoms with Crippen LogP contribution in [0, 0.1) is 11.6 Å². The molecule has 1 aliphatic heterocycles. The number of pyridine rings is 2. The summed E-state index contributed by atoms with van der Waals surface area (Å²) >= 11 is 0. The number of hydrogen-bond acceptors (Lipinski definition) is 5. The Balaban J connectivity index is 1.32. The van der Waals surface area contributed by atoms with E-state index >= 15 is 0 Å². The first kappa shape index (κ1) is 24.1. The molecule has 39 heavy (non-hydrogen) atoms. The number of nitrogens with one attached hydrogen (secondary N) is 2. The lowest BCUT2D eigenvalue weighted by Gasteiger charge is -2.27. The monoisotopic (exact) mass is 525 g/mol. The maximum Gasteiger partial charge on any atom is 0.269 e. The highest BCUT2D eigenvalue weighted by Gasteiger charge is 2.23. The molecule has 1 aliphatic rings. The molecule has 0 spiro atoms. The van der Waals surface area contributed by atoms with Gasteiger partial charge in [0.25, 0.3) is 11.5 Å². The third kappa shape index (κ3) is 4.42. The lowest BCUT2D eigenvalue weighted by atomic mass is 10.1. The number of fused-ring (bicyclic) bond motifs is 2. The van der Waals surface area contributed by atoms with Gasteiger partial charge in [0.05, 0.1) is 11.1 Å². The number of benzene rings is 2. The van der Waals surface area contributed by atoms with Crippen molar-refractivity contribution in [2.75, 3.05) is 17.3 Å². The van der Waals surface area contributed by atoms with Gasteiger partial charge in [-0.15, -0.1) is 0 Å². The normalized spacial score (nSPS) is 12.4. The molecule has 0 bridgehead atoms. The van der Waals surface area contributed by atoms with Crippen LogP contribution in [-0.4, -0.2) is 27.5 Å². The van der Waals surface area contributed by atoms with Crippen LogP contribution in [0.5, 0.6) is 11.5 Å².